The van der Waals surface area contributed by atoms with Crippen LogP contribution >= 0.6 is 11.6 Å². The summed E-state index contributed by atoms with van der Waals surface area (Å²) in [6, 6.07) is 9.59. The molecule has 0 radical (unpaired) electrons. The Morgan fingerprint density at radius 2 is 1.93 bits per heavy atom. The second kappa shape index (κ2) is 4.77. The molecule has 0 aliphatic rings. The summed E-state index contributed by atoms with van der Waals surface area (Å²) in [6.45, 7) is 1.83. The third-order valence-electron chi connectivity index (χ3n) is 1.75. The second-order valence-electron chi connectivity index (χ2n) is 2.83. The van der Waals surface area contributed by atoms with Gasteiger partial charge in [-0.25, -0.2) is 5.01 Å². The lowest BCUT2D eigenvalue weighted by Gasteiger charge is -2.07. The van der Waals surface area contributed by atoms with Gasteiger partial charge in [-0.1, -0.05) is 30.3 Å². The van der Waals surface area contributed by atoms with Gasteiger partial charge in [0.05, 0.1) is 5.71 Å². The van der Waals surface area contributed by atoms with Crippen molar-refractivity contribution < 1.29 is 4.79 Å². The first kappa shape index (κ1) is 10.7. The molecule has 1 amide bonds. The van der Waals surface area contributed by atoms with E-state index >= 15 is 0 Å². The average molecular weight is 211 g/mol. The summed E-state index contributed by atoms with van der Waals surface area (Å²) in [6.07, 6.45) is 0. The Kier molecular flexibility index (Phi) is 3.65. The van der Waals surface area contributed by atoms with Gasteiger partial charge >= 0.3 is 5.37 Å². The fourth-order valence-electron chi connectivity index (χ4n) is 1.00. The predicted octanol–water partition coefficient (Wildman–Crippen LogP) is 2.70. The Morgan fingerprint density at radius 3 is 2.43 bits per heavy atom. The van der Waals surface area contributed by atoms with E-state index in [1.54, 1.807) is 0 Å². The van der Waals surface area contributed by atoms with Crippen molar-refractivity contribution in [1.82, 2.24) is 5.01 Å². The first-order valence-electron chi connectivity index (χ1n) is 4.15. The summed E-state index contributed by atoms with van der Waals surface area (Å²) in [5.74, 6) is 0. The normalized spacial score (nSPS) is 11.2. The third-order valence-corrected chi connectivity index (χ3v) is 1.99. The lowest BCUT2D eigenvalue weighted by molar-refractivity contribution is 0.234. The summed E-state index contributed by atoms with van der Waals surface area (Å²) in [4.78, 5) is 10.7. The molecule has 0 unspecified atom stereocenters. The van der Waals surface area contributed by atoms with Gasteiger partial charge in [0.25, 0.3) is 0 Å². The smallest absolute Gasteiger partial charge is 0.253 e. The third kappa shape index (κ3) is 2.85. The fraction of sp³-hybridized carbons (Fsp3) is 0.200. The van der Waals surface area contributed by atoms with Gasteiger partial charge in [0, 0.05) is 7.05 Å². The molecule has 0 aromatic heterocycles. The molecule has 4 heteroatoms. The second-order valence-corrected chi connectivity index (χ2v) is 3.15. The van der Waals surface area contributed by atoms with Gasteiger partial charge in [-0.3, -0.25) is 4.79 Å². The van der Waals surface area contributed by atoms with E-state index in [1.807, 2.05) is 37.3 Å². The van der Waals surface area contributed by atoms with E-state index in [0.717, 1.165) is 16.3 Å². The quantitative estimate of drug-likeness (QED) is 0.320. The minimum absolute atomic E-state index is 0.597. The Bertz CT molecular complexity index is 348. The van der Waals surface area contributed by atoms with Crippen LogP contribution in [0.1, 0.15) is 12.5 Å². The van der Waals surface area contributed by atoms with Crippen LogP contribution in [0.5, 0.6) is 0 Å². The van der Waals surface area contributed by atoms with E-state index in [-0.39, 0.29) is 0 Å². The molecule has 0 saturated heterocycles. The number of nitrogens with zero attached hydrogens (tertiary/aromatic N) is 2. The van der Waals surface area contributed by atoms with E-state index in [9.17, 15) is 4.79 Å². The first-order chi connectivity index (χ1) is 6.61. The van der Waals surface area contributed by atoms with Crippen molar-refractivity contribution in [2.24, 2.45) is 5.10 Å². The summed E-state index contributed by atoms with van der Waals surface area (Å²) in [5, 5.41) is 4.52. The SMILES string of the molecule is C/C(=N/N(C)C(=O)Cl)c1ccccc1. The minimum atomic E-state index is -0.597. The van der Waals surface area contributed by atoms with Crippen LogP contribution in [0.2, 0.25) is 0 Å². The van der Waals surface area contributed by atoms with E-state index in [2.05, 4.69) is 5.10 Å². The molecule has 0 aliphatic carbocycles. The summed E-state index contributed by atoms with van der Waals surface area (Å²) in [7, 11) is 1.52. The zero-order chi connectivity index (χ0) is 10.6. The molecule has 0 saturated carbocycles. The maximum atomic E-state index is 10.7. The molecule has 1 aromatic rings. The highest BCUT2D eigenvalue weighted by atomic mass is 35.5. The highest BCUT2D eigenvalue weighted by Crippen LogP contribution is 2.03. The molecular formula is C10H11ClN2O. The summed E-state index contributed by atoms with van der Waals surface area (Å²) in [5.41, 5.74) is 1.72. The molecule has 0 heterocycles. The van der Waals surface area contributed by atoms with Crippen molar-refractivity contribution in [3.63, 3.8) is 0 Å². The Labute approximate surface area is 88.0 Å². The highest BCUT2D eigenvalue weighted by Gasteiger charge is 2.03. The van der Waals surface area contributed by atoms with Crippen LogP contribution in [0.3, 0.4) is 0 Å². The Morgan fingerprint density at radius 1 is 1.36 bits per heavy atom. The maximum Gasteiger partial charge on any atom is 0.336 e. The van der Waals surface area contributed by atoms with Crippen LogP contribution in [-0.4, -0.2) is 23.1 Å². The molecule has 3 nitrogen and oxygen atoms in total. The Hall–Kier alpha value is -1.35. The van der Waals surface area contributed by atoms with E-state index in [0.29, 0.717) is 0 Å². The van der Waals surface area contributed by atoms with Crippen LogP contribution in [0.15, 0.2) is 35.4 Å². The zero-order valence-corrected chi connectivity index (χ0v) is 8.82. The number of carbonyl (C=O) groups is 1. The van der Waals surface area contributed by atoms with Crippen LogP contribution in [0.4, 0.5) is 4.79 Å². The van der Waals surface area contributed by atoms with E-state index < -0.39 is 5.37 Å². The molecule has 0 aliphatic heterocycles. The molecule has 0 atom stereocenters. The lowest BCUT2D eigenvalue weighted by Crippen LogP contribution is -2.16. The fourth-order valence-corrected chi connectivity index (χ4v) is 1.04. The number of hydrogen-bond acceptors (Lipinski definition) is 2. The lowest BCUT2D eigenvalue weighted by atomic mass is 10.1. The van der Waals surface area contributed by atoms with E-state index in [4.69, 9.17) is 11.6 Å². The van der Waals surface area contributed by atoms with Crippen molar-refractivity contribution >= 4 is 22.7 Å². The van der Waals surface area contributed by atoms with Crippen molar-refractivity contribution in [3.05, 3.63) is 35.9 Å². The minimum Gasteiger partial charge on any atom is -0.253 e. The van der Waals surface area contributed by atoms with Crippen molar-refractivity contribution in [2.45, 2.75) is 6.92 Å². The van der Waals surface area contributed by atoms with Crippen molar-refractivity contribution in [3.8, 4) is 0 Å². The van der Waals surface area contributed by atoms with Crippen LogP contribution in [0.25, 0.3) is 0 Å². The number of carbonyl (C=O) groups excluding carboxylic acids is 1. The molecule has 0 N–H and O–H groups in total. The number of rotatable bonds is 2. The van der Waals surface area contributed by atoms with Crippen molar-refractivity contribution in [1.29, 1.82) is 0 Å². The number of hydrogen-bond donors (Lipinski definition) is 0. The van der Waals surface area contributed by atoms with Crippen LogP contribution in [0, 0.1) is 0 Å². The molecule has 1 aromatic carbocycles. The Balaban J connectivity index is 2.85. The summed E-state index contributed by atoms with van der Waals surface area (Å²) < 4.78 is 0. The molecule has 0 spiro atoms. The van der Waals surface area contributed by atoms with Crippen LogP contribution in [-0.2, 0) is 0 Å². The van der Waals surface area contributed by atoms with Gasteiger partial charge < -0.3 is 0 Å². The number of halogens is 1. The van der Waals surface area contributed by atoms with Gasteiger partial charge in [0.1, 0.15) is 0 Å². The van der Waals surface area contributed by atoms with Gasteiger partial charge in [-0.2, -0.15) is 5.10 Å². The number of amides is 1. The molecule has 74 valence electrons. The first-order valence-corrected chi connectivity index (χ1v) is 4.53. The van der Waals surface area contributed by atoms with Gasteiger partial charge in [0.2, 0.25) is 0 Å². The molecule has 1 rings (SSSR count). The standard InChI is InChI=1S/C10H11ClN2O/c1-8(12-13(2)10(11)14)9-6-4-3-5-7-9/h3-7H,1-2H3/b12-8-. The van der Waals surface area contributed by atoms with Gasteiger partial charge in [0.15, 0.2) is 0 Å². The monoisotopic (exact) mass is 210 g/mol. The molecule has 0 fully saturated rings. The number of hydrazone groups is 1. The number of benzene rings is 1. The average Bonchev–Trinajstić information content (AvgIpc) is 2.19. The van der Waals surface area contributed by atoms with Gasteiger partial charge in [-0.15, -0.1) is 0 Å². The predicted molar refractivity (Wildman–Crippen MR) is 57.7 cm³/mol. The highest BCUT2D eigenvalue weighted by molar-refractivity contribution is 6.62. The molecular weight excluding hydrogens is 200 g/mol. The molecule has 14 heavy (non-hydrogen) atoms. The topological polar surface area (TPSA) is 32.7 Å². The van der Waals surface area contributed by atoms with Crippen LogP contribution < -0.4 is 0 Å². The van der Waals surface area contributed by atoms with Gasteiger partial charge in [-0.05, 0) is 24.1 Å². The molecule has 0 bridgehead atoms. The largest absolute Gasteiger partial charge is 0.336 e. The summed E-state index contributed by atoms with van der Waals surface area (Å²) >= 11 is 5.24. The van der Waals surface area contributed by atoms with Crippen molar-refractivity contribution in [2.75, 3.05) is 7.05 Å². The maximum absolute atomic E-state index is 10.7. The van der Waals surface area contributed by atoms with E-state index in [1.165, 1.54) is 7.05 Å². The zero-order valence-electron chi connectivity index (χ0n) is 8.07.